The number of methoxy groups -OCH3 is 1. The Hall–Kier alpha value is -1.55. The summed E-state index contributed by atoms with van der Waals surface area (Å²) in [6, 6.07) is 8.51. The molecule has 1 heterocycles. The van der Waals surface area contributed by atoms with E-state index in [1.54, 1.807) is 7.11 Å². The summed E-state index contributed by atoms with van der Waals surface area (Å²) in [5.74, 6) is 1.33. The normalized spacial score (nSPS) is 15.7. The molecule has 0 spiro atoms. The zero-order valence-corrected chi connectivity index (χ0v) is 11.2. The van der Waals surface area contributed by atoms with E-state index in [0.717, 1.165) is 18.2 Å². The second kappa shape index (κ2) is 5.87. The van der Waals surface area contributed by atoms with Crippen molar-refractivity contribution < 1.29 is 4.74 Å². The van der Waals surface area contributed by atoms with E-state index in [4.69, 9.17) is 4.74 Å². The molecule has 4 heteroatoms. The molecule has 1 atom stereocenters. The number of anilines is 1. The molecule has 18 heavy (non-hydrogen) atoms. The fourth-order valence-electron chi connectivity index (χ4n) is 1.95. The van der Waals surface area contributed by atoms with Crippen molar-refractivity contribution in [2.75, 3.05) is 19.0 Å². The monoisotopic (exact) mass is 247 g/mol. The highest BCUT2D eigenvalue weighted by Gasteiger charge is 2.17. The van der Waals surface area contributed by atoms with Crippen LogP contribution in [0.4, 0.5) is 5.69 Å². The third kappa shape index (κ3) is 3.01. The molecule has 1 aliphatic rings. The van der Waals surface area contributed by atoms with E-state index in [0.29, 0.717) is 12.5 Å². The Morgan fingerprint density at radius 3 is 2.89 bits per heavy atom. The van der Waals surface area contributed by atoms with Gasteiger partial charge in [-0.3, -0.25) is 0 Å². The summed E-state index contributed by atoms with van der Waals surface area (Å²) in [5.41, 5.74) is 2.37. The molecule has 0 saturated carbocycles. The maximum absolute atomic E-state index is 5.23. The van der Waals surface area contributed by atoms with Crippen molar-refractivity contribution in [3.8, 4) is 0 Å². The average Bonchev–Trinajstić information content (AvgIpc) is 2.38. The first kappa shape index (κ1) is 12.9. The van der Waals surface area contributed by atoms with E-state index in [9.17, 15) is 0 Å². The summed E-state index contributed by atoms with van der Waals surface area (Å²) >= 11 is 0. The summed E-state index contributed by atoms with van der Waals surface area (Å²) < 4.78 is 5.23. The Morgan fingerprint density at radius 1 is 1.39 bits per heavy atom. The molecule has 0 radical (unpaired) electrons. The van der Waals surface area contributed by atoms with Gasteiger partial charge in [-0.2, -0.15) is 0 Å². The molecule has 0 amide bonds. The van der Waals surface area contributed by atoms with Crippen LogP contribution in [0.5, 0.6) is 0 Å². The molecule has 1 aliphatic heterocycles. The topological polar surface area (TPSA) is 45.6 Å². The van der Waals surface area contributed by atoms with Crippen molar-refractivity contribution in [3.63, 3.8) is 0 Å². The number of fused-ring (bicyclic) bond motifs is 1. The molecule has 0 bridgehead atoms. The SMILES string of the molecule is COCC(NC1=NCc2ccccc2N1)C(C)C. The molecule has 1 unspecified atom stereocenters. The van der Waals surface area contributed by atoms with Crippen molar-refractivity contribution in [1.29, 1.82) is 0 Å². The molecule has 1 aromatic rings. The van der Waals surface area contributed by atoms with Gasteiger partial charge in [-0.05, 0) is 17.5 Å². The number of nitrogens with zero attached hydrogens (tertiary/aromatic N) is 1. The lowest BCUT2D eigenvalue weighted by Crippen LogP contribution is -2.45. The third-order valence-electron chi connectivity index (χ3n) is 3.15. The Balaban J connectivity index is 2.02. The van der Waals surface area contributed by atoms with Crippen molar-refractivity contribution in [2.45, 2.75) is 26.4 Å². The van der Waals surface area contributed by atoms with Gasteiger partial charge in [-0.15, -0.1) is 0 Å². The second-order valence-corrected chi connectivity index (χ2v) is 4.90. The molecule has 98 valence electrons. The smallest absolute Gasteiger partial charge is 0.196 e. The van der Waals surface area contributed by atoms with Crippen molar-refractivity contribution in [1.82, 2.24) is 5.32 Å². The van der Waals surface area contributed by atoms with Gasteiger partial charge in [0.25, 0.3) is 0 Å². The maximum Gasteiger partial charge on any atom is 0.196 e. The van der Waals surface area contributed by atoms with Crippen LogP contribution in [0.1, 0.15) is 19.4 Å². The van der Waals surface area contributed by atoms with Crippen molar-refractivity contribution in [2.24, 2.45) is 10.9 Å². The van der Waals surface area contributed by atoms with Crippen LogP contribution in [0.15, 0.2) is 29.3 Å². The maximum atomic E-state index is 5.23. The number of hydrogen-bond donors (Lipinski definition) is 2. The third-order valence-corrected chi connectivity index (χ3v) is 3.15. The minimum Gasteiger partial charge on any atom is -0.383 e. The Kier molecular flexibility index (Phi) is 4.20. The van der Waals surface area contributed by atoms with Crippen LogP contribution in [0.25, 0.3) is 0 Å². The first-order valence-electron chi connectivity index (χ1n) is 6.35. The molecule has 0 aliphatic carbocycles. The molecule has 0 aromatic heterocycles. The van der Waals surface area contributed by atoms with Crippen molar-refractivity contribution >= 4 is 11.6 Å². The van der Waals surface area contributed by atoms with Gasteiger partial charge in [0.05, 0.1) is 19.2 Å². The lowest BCUT2D eigenvalue weighted by atomic mass is 10.1. The molecule has 0 saturated heterocycles. The number of guanidine groups is 1. The number of ether oxygens (including phenoxy) is 1. The van der Waals surface area contributed by atoms with Gasteiger partial charge < -0.3 is 15.4 Å². The Bertz CT molecular complexity index is 429. The molecule has 0 fully saturated rings. The summed E-state index contributed by atoms with van der Waals surface area (Å²) in [7, 11) is 1.72. The van der Waals surface area contributed by atoms with Crippen LogP contribution in [0.3, 0.4) is 0 Å². The average molecular weight is 247 g/mol. The molecular weight excluding hydrogens is 226 g/mol. The minimum absolute atomic E-state index is 0.270. The minimum atomic E-state index is 0.270. The highest BCUT2D eigenvalue weighted by atomic mass is 16.5. The highest BCUT2D eigenvalue weighted by Crippen LogP contribution is 2.19. The summed E-state index contributed by atoms with van der Waals surface area (Å²) in [6.07, 6.45) is 0. The molecule has 2 N–H and O–H groups in total. The van der Waals surface area contributed by atoms with Gasteiger partial charge in [0, 0.05) is 12.8 Å². The fourth-order valence-corrected chi connectivity index (χ4v) is 1.95. The number of benzene rings is 1. The lowest BCUT2D eigenvalue weighted by molar-refractivity contribution is 0.156. The van der Waals surface area contributed by atoms with Gasteiger partial charge in [-0.1, -0.05) is 32.0 Å². The zero-order chi connectivity index (χ0) is 13.0. The van der Waals surface area contributed by atoms with E-state index in [1.165, 1.54) is 5.56 Å². The Labute approximate surface area is 108 Å². The summed E-state index contributed by atoms with van der Waals surface area (Å²) in [4.78, 5) is 4.51. The fraction of sp³-hybridized carbons (Fsp3) is 0.500. The van der Waals surface area contributed by atoms with E-state index < -0.39 is 0 Å². The molecule has 2 rings (SSSR count). The molecule has 1 aromatic carbocycles. The van der Waals surface area contributed by atoms with Crippen LogP contribution in [-0.4, -0.2) is 25.7 Å². The molecular formula is C14H21N3O. The largest absolute Gasteiger partial charge is 0.383 e. The van der Waals surface area contributed by atoms with E-state index in [1.807, 2.05) is 12.1 Å². The van der Waals surface area contributed by atoms with E-state index >= 15 is 0 Å². The predicted octanol–water partition coefficient (Wildman–Crippen LogP) is 2.23. The number of hydrogen-bond acceptors (Lipinski definition) is 4. The van der Waals surface area contributed by atoms with Crippen LogP contribution >= 0.6 is 0 Å². The highest BCUT2D eigenvalue weighted by molar-refractivity contribution is 5.95. The predicted molar refractivity (Wildman–Crippen MR) is 74.8 cm³/mol. The summed E-state index contributed by atoms with van der Waals surface area (Å²) in [5, 5.41) is 6.74. The number of aliphatic imine (C=N–C) groups is 1. The van der Waals surface area contributed by atoms with Crippen molar-refractivity contribution in [3.05, 3.63) is 29.8 Å². The standard InChI is InChI=1S/C14H21N3O/c1-10(2)13(9-18-3)17-14-15-8-11-6-4-5-7-12(11)16-14/h4-7,10,13H,8-9H2,1-3H3,(H2,15,16,17). The quantitative estimate of drug-likeness (QED) is 0.857. The zero-order valence-electron chi connectivity index (χ0n) is 11.2. The first-order chi connectivity index (χ1) is 8.70. The van der Waals surface area contributed by atoms with Gasteiger partial charge in [0.2, 0.25) is 0 Å². The number of rotatable bonds is 4. The summed E-state index contributed by atoms with van der Waals surface area (Å²) in [6.45, 7) is 5.76. The Morgan fingerprint density at radius 2 is 2.17 bits per heavy atom. The van der Waals surface area contributed by atoms with Crippen LogP contribution in [0.2, 0.25) is 0 Å². The first-order valence-corrected chi connectivity index (χ1v) is 6.35. The van der Waals surface area contributed by atoms with E-state index in [-0.39, 0.29) is 6.04 Å². The van der Waals surface area contributed by atoms with Gasteiger partial charge in [0.15, 0.2) is 5.96 Å². The van der Waals surface area contributed by atoms with Gasteiger partial charge in [0.1, 0.15) is 0 Å². The lowest BCUT2D eigenvalue weighted by Gasteiger charge is -2.26. The van der Waals surface area contributed by atoms with Gasteiger partial charge >= 0.3 is 0 Å². The second-order valence-electron chi connectivity index (χ2n) is 4.90. The van der Waals surface area contributed by atoms with Crippen LogP contribution in [0, 0.1) is 5.92 Å². The van der Waals surface area contributed by atoms with Crippen LogP contribution < -0.4 is 10.6 Å². The van der Waals surface area contributed by atoms with Crippen LogP contribution in [-0.2, 0) is 11.3 Å². The number of para-hydroxylation sites is 1. The number of nitrogens with one attached hydrogen (secondary N) is 2. The molecule has 4 nitrogen and oxygen atoms in total. The van der Waals surface area contributed by atoms with Gasteiger partial charge in [-0.25, -0.2) is 4.99 Å². The van der Waals surface area contributed by atoms with E-state index in [2.05, 4.69) is 41.6 Å².